The predicted octanol–water partition coefficient (Wildman–Crippen LogP) is 3.13. The molecule has 5 heteroatoms. The van der Waals surface area contributed by atoms with Crippen LogP contribution in [-0.4, -0.2) is 18.4 Å². The SMILES string of the molecule is Cc1cc(F)ccc1NC(=O)C1CC(=O)N(c2ccccc2)C1. The van der Waals surface area contributed by atoms with Crippen molar-refractivity contribution < 1.29 is 14.0 Å². The first kappa shape index (κ1) is 15.2. The molecule has 0 radical (unpaired) electrons. The molecule has 1 N–H and O–H groups in total. The Bertz CT molecular complexity index is 746. The molecular formula is C18H17FN2O2. The topological polar surface area (TPSA) is 49.4 Å². The number of benzene rings is 2. The van der Waals surface area contributed by atoms with Crippen LogP contribution in [0, 0.1) is 18.7 Å². The fourth-order valence-electron chi connectivity index (χ4n) is 2.74. The van der Waals surface area contributed by atoms with E-state index < -0.39 is 5.92 Å². The second-order valence-electron chi connectivity index (χ2n) is 5.69. The molecule has 23 heavy (non-hydrogen) atoms. The highest BCUT2D eigenvalue weighted by atomic mass is 19.1. The summed E-state index contributed by atoms with van der Waals surface area (Å²) >= 11 is 0. The minimum absolute atomic E-state index is 0.0628. The number of rotatable bonds is 3. The molecule has 2 aromatic carbocycles. The Labute approximate surface area is 133 Å². The lowest BCUT2D eigenvalue weighted by Gasteiger charge is -2.16. The van der Waals surface area contributed by atoms with Gasteiger partial charge in [0.05, 0.1) is 5.92 Å². The Kier molecular flexibility index (Phi) is 4.10. The van der Waals surface area contributed by atoms with Gasteiger partial charge in [-0.15, -0.1) is 0 Å². The van der Waals surface area contributed by atoms with E-state index in [1.165, 1.54) is 18.2 Å². The van der Waals surface area contributed by atoms with E-state index in [0.717, 1.165) is 5.69 Å². The number of nitrogens with zero attached hydrogens (tertiary/aromatic N) is 1. The third kappa shape index (κ3) is 3.23. The van der Waals surface area contributed by atoms with Gasteiger partial charge < -0.3 is 10.2 Å². The van der Waals surface area contributed by atoms with Crippen molar-refractivity contribution in [3.8, 4) is 0 Å². The molecule has 0 spiro atoms. The molecule has 1 aliphatic heterocycles. The summed E-state index contributed by atoms with van der Waals surface area (Å²) in [5, 5.41) is 2.79. The maximum atomic E-state index is 13.1. The van der Waals surface area contributed by atoms with E-state index in [4.69, 9.17) is 0 Å². The van der Waals surface area contributed by atoms with Crippen LogP contribution >= 0.6 is 0 Å². The summed E-state index contributed by atoms with van der Waals surface area (Å²) in [6.07, 6.45) is 0.182. The summed E-state index contributed by atoms with van der Waals surface area (Å²) in [7, 11) is 0. The molecule has 1 fully saturated rings. The van der Waals surface area contributed by atoms with Crippen LogP contribution in [-0.2, 0) is 9.59 Å². The molecule has 118 valence electrons. The molecule has 2 aromatic rings. The number of amides is 2. The van der Waals surface area contributed by atoms with Crippen LogP contribution in [0.3, 0.4) is 0 Å². The molecule has 0 aromatic heterocycles. The van der Waals surface area contributed by atoms with E-state index in [9.17, 15) is 14.0 Å². The number of para-hydroxylation sites is 1. The van der Waals surface area contributed by atoms with Crippen molar-refractivity contribution in [1.29, 1.82) is 0 Å². The number of carbonyl (C=O) groups is 2. The van der Waals surface area contributed by atoms with Gasteiger partial charge >= 0.3 is 0 Å². The Morgan fingerprint density at radius 2 is 1.96 bits per heavy atom. The molecule has 1 atom stereocenters. The van der Waals surface area contributed by atoms with Crippen LogP contribution < -0.4 is 10.2 Å². The molecule has 0 bridgehead atoms. The summed E-state index contributed by atoms with van der Waals surface area (Å²) in [6, 6.07) is 13.5. The highest BCUT2D eigenvalue weighted by molar-refractivity contribution is 6.03. The van der Waals surface area contributed by atoms with Crippen molar-refractivity contribution in [2.24, 2.45) is 5.92 Å². The van der Waals surface area contributed by atoms with Crippen molar-refractivity contribution in [1.82, 2.24) is 0 Å². The van der Waals surface area contributed by atoms with Crippen molar-refractivity contribution in [3.63, 3.8) is 0 Å². The zero-order chi connectivity index (χ0) is 16.4. The fraction of sp³-hybridized carbons (Fsp3) is 0.222. The maximum Gasteiger partial charge on any atom is 0.229 e. The van der Waals surface area contributed by atoms with Crippen LogP contribution in [0.5, 0.6) is 0 Å². The normalized spacial score (nSPS) is 17.4. The first-order chi connectivity index (χ1) is 11.0. The zero-order valence-corrected chi connectivity index (χ0v) is 12.8. The minimum Gasteiger partial charge on any atom is -0.326 e. The molecule has 0 aliphatic carbocycles. The number of hydrogen-bond donors (Lipinski definition) is 1. The van der Waals surface area contributed by atoms with E-state index in [1.807, 2.05) is 30.3 Å². The van der Waals surface area contributed by atoms with Crippen LogP contribution in [0.4, 0.5) is 15.8 Å². The van der Waals surface area contributed by atoms with Crippen LogP contribution in [0.15, 0.2) is 48.5 Å². The summed E-state index contributed by atoms with van der Waals surface area (Å²) in [6.45, 7) is 2.09. The first-order valence-corrected chi connectivity index (χ1v) is 7.47. The summed E-state index contributed by atoms with van der Waals surface area (Å²) in [5.41, 5.74) is 2.02. The molecule has 4 nitrogen and oxygen atoms in total. The molecule has 3 rings (SSSR count). The van der Waals surface area contributed by atoms with Gasteiger partial charge in [-0.2, -0.15) is 0 Å². The van der Waals surface area contributed by atoms with Crippen LogP contribution in [0.2, 0.25) is 0 Å². The summed E-state index contributed by atoms with van der Waals surface area (Å²) < 4.78 is 13.1. The van der Waals surface area contributed by atoms with E-state index in [0.29, 0.717) is 17.8 Å². The Balaban J connectivity index is 1.71. The van der Waals surface area contributed by atoms with Gasteiger partial charge in [0.2, 0.25) is 11.8 Å². The third-order valence-corrected chi connectivity index (χ3v) is 4.01. The Hall–Kier alpha value is -2.69. The van der Waals surface area contributed by atoms with E-state index >= 15 is 0 Å². The minimum atomic E-state index is -0.410. The van der Waals surface area contributed by atoms with Crippen molar-refractivity contribution in [2.75, 3.05) is 16.8 Å². The first-order valence-electron chi connectivity index (χ1n) is 7.47. The van der Waals surface area contributed by atoms with Crippen LogP contribution in [0.25, 0.3) is 0 Å². The second-order valence-corrected chi connectivity index (χ2v) is 5.69. The number of aryl methyl sites for hydroxylation is 1. The molecule has 0 saturated carbocycles. The number of hydrogen-bond acceptors (Lipinski definition) is 2. The van der Waals surface area contributed by atoms with Gasteiger partial charge in [-0.1, -0.05) is 18.2 Å². The van der Waals surface area contributed by atoms with Gasteiger partial charge in [-0.3, -0.25) is 9.59 Å². The van der Waals surface area contributed by atoms with Gasteiger partial charge in [0.25, 0.3) is 0 Å². The molecule has 1 unspecified atom stereocenters. The lowest BCUT2D eigenvalue weighted by Crippen LogP contribution is -2.28. The quantitative estimate of drug-likeness (QED) is 0.946. The van der Waals surface area contributed by atoms with Crippen molar-refractivity contribution in [3.05, 3.63) is 59.9 Å². The highest BCUT2D eigenvalue weighted by Gasteiger charge is 2.35. The van der Waals surface area contributed by atoms with Crippen LogP contribution in [0.1, 0.15) is 12.0 Å². The molecule has 1 saturated heterocycles. The standard InChI is InChI=1S/C18H17FN2O2/c1-12-9-14(19)7-8-16(12)20-18(23)13-10-17(22)21(11-13)15-5-3-2-4-6-15/h2-9,13H,10-11H2,1H3,(H,20,23). The zero-order valence-electron chi connectivity index (χ0n) is 12.8. The highest BCUT2D eigenvalue weighted by Crippen LogP contribution is 2.26. The summed E-state index contributed by atoms with van der Waals surface area (Å²) in [5.74, 6) is -1.03. The number of nitrogens with one attached hydrogen (secondary N) is 1. The number of carbonyl (C=O) groups excluding carboxylic acids is 2. The number of anilines is 2. The lowest BCUT2D eigenvalue weighted by atomic mass is 10.1. The number of halogens is 1. The smallest absolute Gasteiger partial charge is 0.229 e. The van der Waals surface area contributed by atoms with Gasteiger partial charge in [-0.05, 0) is 42.8 Å². The van der Waals surface area contributed by atoms with Crippen molar-refractivity contribution in [2.45, 2.75) is 13.3 Å². The lowest BCUT2D eigenvalue weighted by molar-refractivity contribution is -0.122. The van der Waals surface area contributed by atoms with Gasteiger partial charge in [0.15, 0.2) is 0 Å². The Morgan fingerprint density at radius 1 is 1.22 bits per heavy atom. The third-order valence-electron chi connectivity index (χ3n) is 4.01. The van der Waals surface area contributed by atoms with Gasteiger partial charge in [0.1, 0.15) is 5.82 Å². The van der Waals surface area contributed by atoms with Gasteiger partial charge in [0, 0.05) is 24.3 Å². The van der Waals surface area contributed by atoms with E-state index in [1.54, 1.807) is 11.8 Å². The molecule has 1 heterocycles. The second kappa shape index (κ2) is 6.20. The average Bonchev–Trinajstić information content (AvgIpc) is 2.93. The van der Waals surface area contributed by atoms with E-state index in [2.05, 4.69) is 5.32 Å². The fourth-order valence-corrected chi connectivity index (χ4v) is 2.74. The maximum absolute atomic E-state index is 13.1. The van der Waals surface area contributed by atoms with Crippen molar-refractivity contribution >= 4 is 23.2 Å². The average molecular weight is 312 g/mol. The Morgan fingerprint density at radius 3 is 2.65 bits per heavy atom. The van der Waals surface area contributed by atoms with E-state index in [-0.39, 0.29) is 24.1 Å². The molecule has 2 amide bonds. The molecule has 1 aliphatic rings. The predicted molar refractivity (Wildman–Crippen MR) is 86.7 cm³/mol. The largest absolute Gasteiger partial charge is 0.326 e. The monoisotopic (exact) mass is 312 g/mol. The summed E-state index contributed by atoms with van der Waals surface area (Å²) in [4.78, 5) is 26.2. The molecular weight excluding hydrogens is 295 g/mol. The van der Waals surface area contributed by atoms with Gasteiger partial charge in [-0.25, -0.2) is 4.39 Å².